The molecule has 22 heavy (non-hydrogen) atoms. The fourth-order valence-corrected chi connectivity index (χ4v) is 2.96. The number of hydrazine groups is 1. The number of benzene rings is 1. The van der Waals surface area contributed by atoms with Crippen molar-refractivity contribution in [2.24, 2.45) is 5.92 Å². The Balaban J connectivity index is 1.77. The molecule has 1 saturated carbocycles. The molecule has 2 rings (SSSR count). The zero-order chi connectivity index (χ0) is 15.9. The van der Waals surface area contributed by atoms with Crippen LogP contribution < -0.4 is 16.2 Å². The molecule has 1 amide bonds. The zero-order valence-electron chi connectivity index (χ0n) is 13.3. The van der Waals surface area contributed by atoms with Gasteiger partial charge < -0.3 is 5.32 Å². The highest BCUT2D eigenvalue weighted by Gasteiger charge is 2.15. The summed E-state index contributed by atoms with van der Waals surface area (Å²) in [6, 6.07) is 8.14. The number of hydrogen-bond acceptors (Lipinski definition) is 2. The van der Waals surface area contributed by atoms with Gasteiger partial charge in [-0.3, -0.25) is 15.6 Å². The van der Waals surface area contributed by atoms with Crippen LogP contribution in [0, 0.1) is 5.92 Å². The monoisotopic (exact) mass is 319 g/mol. The van der Waals surface area contributed by atoms with Crippen LogP contribution in [0.3, 0.4) is 0 Å². The average molecular weight is 319 g/mol. The summed E-state index contributed by atoms with van der Waals surface area (Å²) in [5.41, 5.74) is 7.29. The van der Waals surface area contributed by atoms with E-state index in [2.05, 4.69) is 30.0 Å². The standard InChI is InChI=1S/C17H25N3OS/c1-12(2)11-13-7-9-14(10-8-13)16(21)19-20-17(22)18-15-5-3-4-6-15/h7-10,12,15H,3-6,11H2,1-2H3,(H,19,21)(H2,18,20,22). The molecule has 0 radical (unpaired) electrons. The first-order valence-corrected chi connectivity index (χ1v) is 8.41. The van der Waals surface area contributed by atoms with E-state index in [1.165, 1.54) is 18.4 Å². The first-order chi connectivity index (χ1) is 10.5. The van der Waals surface area contributed by atoms with Gasteiger partial charge in [0.25, 0.3) is 5.91 Å². The second-order valence-electron chi connectivity index (χ2n) is 6.33. The van der Waals surface area contributed by atoms with Crippen LogP contribution in [0.4, 0.5) is 0 Å². The third-order valence-corrected chi connectivity index (χ3v) is 4.06. The maximum absolute atomic E-state index is 12.1. The quantitative estimate of drug-likeness (QED) is 0.590. The Hall–Kier alpha value is -1.62. The van der Waals surface area contributed by atoms with E-state index in [-0.39, 0.29) is 5.91 Å². The normalized spacial score (nSPS) is 14.9. The van der Waals surface area contributed by atoms with Gasteiger partial charge in [-0.1, -0.05) is 38.8 Å². The minimum absolute atomic E-state index is 0.174. The summed E-state index contributed by atoms with van der Waals surface area (Å²) in [4.78, 5) is 12.1. The molecule has 1 fully saturated rings. The van der Waals surface area contributed by atoms with E-state index >= 15 is 0 Å². The van der Waals surface area contributed by atoms with Crippen molar-refractivity contribution < 1.29 is 4.79 Å². The van der Waals surface area contributed by atoms with E-state index in [9.17, 15) is 4.79 Å². The molecule has 1 aliphatic carbocycles. The van der Waals surface area contributed by atoms with E-state index in [0.29, 0.717) is 22.6 Å². The Morgan fingerprint density at radius 1 is 1.18 bits per heavy atom. The molecule has 0 unspecified atom stereocenters. The maximum atomic E-state index is 12.1. The summed E-state index contributed by atoms with van der Waals surface area (Å²) in [6.45, 7) is 4.37. The van der Waals surface area contributed by atoms with Crippen LogP contribution in [0.1, 0.15) is 55.5 Å². The zero-order valence-corrected chi connectivity index (χ0v) is 14.1. The summed E-state index contributed by atoms with van der Waals surface area (Å²) in [5.74, 6) is 0.437. The fourth-order valence-electron chi connectivity index (χ4n) is 2.74. The number of rotatable bonds is 4. The highest BCUT2D eigenvalue weighted by molar-refractivity contribution is 7.80. The minimum atomic E-state index is -0.174. The fraction of sp³-hybridized carbons (Fsp3) is 0.529. The van der Waals surface area contributed by atoms with Gasteiger partial charge in [-0.05, 0) is 55.1 Å². The lowest BCUT2D eigenvalue weighted by Gasteiger charge is -2.16. The SMILES string of the molecule is CC(C)Cc1ccc(C(=O)NNC(=S)NC2CCCC2)cc1. The van der Waals surface area contributed by atoms with Crippen LogP contribution in [-0.4, -0.2) is 17.1 Å². The van der Waals surface area contributed by atoms with Crippen LogP contribution in [0.15, 0.2) is 24.3 Å². The molecule has 0 heterocycles. The van der Waals surface area contributed by atoms with E-state index in [1.54, 1.807) is 0 Å². The third kappa shape index (κ3) is 5.30. The summed E-state index contributed by atoms with van der Waals surface area (Å²) in [7, 11) is 0. The Morgan fingerprint density at radius 2 is 1.82 bits per heavy atom. The lowest BCUT2D eigenvalue weighted by Crippen LogP contribution is -2.49. The number of thiocarbonyl (C=S) groups is 1. The van der Waals surface area contributed by atoms with Crippen molar-refractivity contribution in [2.45, 2.75) is 52.0 Å². The van der Waals surface area contributed by atoms with E-state index in [0.717, 1.165) is 19.3 Å². The predicted octanol–water partition coefficient (Wildman–Crippen LogP) is 2.94. The third-order valence-electron chi connectivity index (χ3n) is 3.84. The number of hydrogen-bond donors (Lipinski definition) is 3. The number of carbonyl (C=O) groups is 1. The molecule has 0 atom stereocenters. The van der Waals surface area contributed by atoms with Gasteiger partial charge in [0.1, 0.15) is 0 Å². The molecule has 120 valence electrons. The molecule has 1 aromatic rings. The topological polar surface area (TPSA) is 53.2 Å². The van der Waals surface area contributed by atoms with Crippen molar-refractivity contribution in [3.63, 3.8) is 0 Å². The van der Waals surface area contributed by atoms with Crippen molar-refractivity contribution in [3.05, 3.63) is 35.4 Å². The van der Waals surface area contributed by atoms with Crippen LogP contribution in [0.25, 0.3) is 0 Å². The number of amides is 1. The van der Waals surface area contributed by atoms with Crippen LogP contribution >= 0.6 is 12.2 Å². The van der Waals surface area contributed by atoms with Gasteiger partial charge in [-0.2, -0.15) is 0 Å². The molecule has 4 nitrogen and oxygen atoms in total. The van der Waals surface area contributed by atoms with Gasteiger partial charge in [-0.25, -0.2) is 0 Å². The molecule has 5 heteroatoms. The summed E-state index contributed by atoms with van der Waals surface area (Å²) >= 11 is 5.19. The van der Waals surface area contributed by atoms with Crippen LogP contribution in [0.5, 0.6) is 0 Å². The van der Waals surface area contributed by atoms with Gasteiger partial charge in [0.05, 0.1) is 0 Å². The average Bonchev–Trinajstić information content (AvgIpc) is 2.98. The van der Waals surface area contributed by atoms with Crippen molar-refractivity contribution in [1.82, 2.24) is 16.2 Å². The van der Waals surface area contributed by atoms with Gasteiger partial charge in [0.15, 0.2) is 5.11 Å². The van der Waals surface area contributed by atoms with E-state index < -0.39 is 0 Å². The van der Waals surface area contributed by atoms with Gasteiger partial charge in [-0.15, -0.1) is 0 Å². The van der Waals surface area contributed by atoms with Crippen LogP contribution in [-0.2, 0) is 6.42 Å². The molecule has 0 aromatic heterocycles. The molecular formula is C17H25N3OS. The minimum Gasteiger partial charge on any atom is -0.359 e. The molecule has 0 bridgehead atoms. The smallest absolute Gasteiger partial charge is 0.269 e. The maximum Gasteiger partial charge on any atom is 0.269 e. The van der Waals surface area contributed by atoms with Crippen molar-refractivity contribution >= 4 is 23.2 Å². The number of carbonyl (C=O) groups excluding carboxylic acids is 1. The number of nitrogens with one attached hydrogen (secondary N) is 3. The predicted molar refractivity (Wildman–Crippen MR) is 93.6 cm³/mol. The molecule has 1 aliphatic rings. The van der Waals surface area contributed by atoms with Gasteiger partial charge in [0, 0.05) is 11.6 Å². The van der Waals surface area contributed by atoms with Crippen molar-refractivity contribution in [1.29, 1.82) is 0 Å². The summed E-state index contributed by atoms with van der Waals surface area (Å²) in [6.07, 6.45) is 5.81. The Morgan fingerprint density at radius 3 is 2.41 bits per heavy atom. The first kappa shape index (κ1) is 16.7. The Kier molecular flexibility index (Phi) is 6.19. The molecule has 0 aliphatic heterocycles. The molecule has 3 N–H and O–H groups in total. The highest BCUT2D eigenvalue weighted by atomic mass is 32.1. The van der Waals surface area contributed by atoms with Crippen LogP contribution in [0.2, 0.25) is 0 Å². The van der Waals surface area contributed by atoms with E-state index in [1.807, 2.05) is 24.3 Å². The van der Waals surface area contributed by atoms with Crippen molar-refractivity contribution in [2.75, 3.05) is 0 Å². The lowest BCUT2D eigenvalue weighted by molar-refractivity contribution is 0.0943. The Labute approximate surface area is 138 Å². The largest absolute Gasteiger partial charge is 0.359 e. The molecule has 1 aromatic carbocycles. The molecule has 0 spiro atoms. The first-order valence-electron chi connectivity index (χ1n) is 8.00. The molecule has 0 saturated heterocycles. The second-order valence-corrected chi connectivity index (χ2v) is 6.74. The lowest BCUT2D eigenvalue weighted by atomic mass is 10.0. The summed E-state index contributed by atoms with van der Waals surface area (Å²) < 4.78 is 0. The van der Waals surface area contributed by atoms with E-state index in [4.69, 9.17) is 12.2 Å². The molecular weight excluding hydrogens is 294 g/mol. The second kappa shape index (κ2) is 8.13. The van der Waals surface area contributed by atoms with Gasteiger partial charge in [0.2, 0.25) is 0 Å². The summed E-state index contributed by atoms with van der Waals surface area (Å²) in [5, 5.41) is 3.71. The van der Waals surface area contributed by atoms with Crippen molar-refractivity contribution in [3.8, 4) is 0 Å². The Bertz CT molecular complexity index is 507. The highest BCUT2D eigenvalue weighted by Crippen LogP contribution is 2.17. The van der Waals surface area contributed by atoms with Gasteiger partial charge >= 0.3 is 0 Å².